The number of aryl methyl sites for hydroxylation is 1. The topological polar surface area (TPSA) is 117 Å². The minimum Gasteiger partial charge on any atom is -0.456 e. The summed E-state index contributed by atoms with van der Waals surface area (Å²) in [6, 6.07) is 6.21. The van der Waals surface area contributed by atoms with E-state index < -0.39 is 33.3 Å². The van der Waals surface area contributed by atoms with Crippen molar-refractivity contribution in [2.45, 2.75) is 71.1 Å². The molecular formula is C21H29N3O6S. The SMILES string of the molecule is Cc1ccc(S(=O)(=O)n2ncc(C(=O)OC(C)(C)C)c2CNC(=O)OC(C)(C)C)cc1. The number of rotatable bonds is 5. The van der Waals surface area contributed by atoms with Gasteiger partial charge in [-0.05, 0) is 60.6 Å². The second kappa shape index (κ2) is 8.70. The molecule has 1 heterocycles. The lowest BCUT2D eigenvalue weighted by molar-refractivity contribution is 0.00671. The van der Waals surface area contributed by atoms with Crippen molar-refractivity contribution in [2.75, 3.05) is 0 Å². The molecule has 0 radical (unpaired) electrons. The number of aromatic nitrogens is 2. The summed E-state index contributed by atoms with van der Waals surface area (Å²) in [5.41, 5.74) is -0.764. The molecule has 0 bridgehead atoms. The van der Waals surface area contributed by atoms with Gasteiger partial charge in [-0.25, -0.2) is 9.59 Å². The first-order chi connectivity index (χ1) is 14.1. The van der Waals surface area contributed by atoms with Crippen LogP contribution in [0.2, 0.25) is 0 Å². The predicted molar refractivity (Wildman–Crippen MR) is 114 cm³/mol. The van der Waals surface area contributed by atoms with Gasteiger partial charge in [0.15, 0.2) is 0 Å². The van der Waals surface area contributed by atoms with Gasteiger partial charge in [-0.3, -0.25) is 0 Å². The van der Waals surface area contributed by atoms with Crippen molar-refractivity contribution in [3.05, 3.63) is 47.3 Å². The van der Waals surface area contributed by atoms with E-state index in [-0.39, 0.29) is 22.7 Å². The molecule has 0 saturated carbocycles. The van der Waals surface area contributed by atoms with Crippen molar-refractivity contribution in [1.82, 2.24) is 14.5 Å². The summed E-state index contributed by atoms with van der Waals surface area (Å²) >= 11 is 0. The van der Waals surface area contributed by atoms with Gasteiger partial charge in [-0.1, -0.05) is 17.7 Å². The Labute approximate surface area is 182 Å². The van der Waals surface area contributed by atoms with Gasteiger partial charge in [-0.15, -0.1) is 0 Å². The summed E-state index contributed by atoms with van der Waals surface area (Å²) in [7, 11) is -4.12. The Balaban J connectivity index is 2.47. The summed E-state index contributed by atoms with van der Waals surface area (Å²) in [6.07, 6.45) is 0.356. The molecular weight excluding hydrogens is 422 g/mol. The molecule has 0 unspecified atom stereocenters. The maximum Gasteiger partial charge on any atom is 0.407 e. The molecule has 0 aliphatic heterocycles. The molecule has 2 rings (SSSR count). The van der Waals surface area contributed by atoms with Gasteiger partial charge in [0.1, 0.15) is 16.8 Å². The molecule has 1 aromatic heterocycles. The molecule has 1 amide bonds. The lowest BCUT2D eigenvalue weighted by Gasteiger charge is -2.21. The third-order valence-electron chi connectivity index (χ3n) is 3.80. The summed E-state index contributed by atoms with van der Waals surface area (Å²) in [5, 5.41) is 6.40. The van der Waals surface area contributed by atoms with E-state index in [1.165, 1.54) is 12.1 Å². The van der Waals surface area contributed by atoms with E-state index in [0.717, 1.165) is 15.8 Å². The molecule has 10 heteroatoms. The number of esters is 1. The second-order valence-corrected chi connectivity index (χ2v) is 10.8. The standard InChI is InChI=1S/C21H29N3O6S/c1-14-8-10-15(11-9-14)31(27,28)24-17(13-22-19(26)30-21(5,6)7)16(12-23-24)18(25)29-20(2,3)4/h8-12H,13H2,1-7H3,(H,22,26). The Bertz CT molecular complexity index is 1060. The number of benzene rings is 1. The maximum absolute atomic E-state index is 13.2. The van der Waals surface area contributed by atoms with Crippen LogP contribution in [0.3, 0.4) is 0 Å². The minimum atomic E-state index is -4.12. The number of hydrogen-bond donors (Lipinski definition) is 1. The van der Waals surface area contributed by atoms with Gasteiger partial charge >= 0.3 is 12.1 Å². The van der Waals surface area contributed by atoms with Crippen molar-refractivity contribution in [3.63, 3.8) is 0 Å². The molecule has 0 spiro atoms. The van der Waals surface area contributed by atoms with Gasteiger partial charge in [-0.2, -0.15) is 17.6 Å². The highest BCUT2D eigenvalue weighted by molar-refractivity contribution is 7.89. The van der Waals surface area contributed by atoms with E-state index in [2.05, 4.69) is 10.4 Å². The number of alkyl carbamates (subject to hydrolysis) is 1. The molecule has 31 heavy (non-hydrogen) atoms. The number of carbonyl (C=O) groups is 2. The van der Waals surface area contributed by atoms with Crippen LogP contribution in [0.4, 0.5) is 4.79 Å². The number of carbonyl (C=O) groups excluding carboxylic acids is 2. The monoisotopic (exact) mass is 451 g/mol. The van der Waals surface area contributed by atoms with Gasteiger partial charge in [0.05, 0.1) is 23.3 Å². The fourth-order valence-corrected chi connectivity index (χ4v) is 3.82. The highest BCUT2D eigenvalue weighted by atomic mass is 32.2. The van der Waals surface area contributed by atoms with Crippen LogP contribution in [-0.4, -0.2) is 40.9 Å². The first-order valence-electron chi connectivity index (χ1n) is 9.69. The van der Waals surface area contributed by atoms with Crippen molar-refractivity contribution < 1.29 is 27.5 Å². The Morgan fingerprint density at radius 1 is 1.00 bits per heavy atom. The van der Waals surface area contributed by atoms with Crippen LogP contribution in [0.25, 0.3) is 0 Å². The van der Waals surface area contributed by atoms with Crippen LogP contribution >= 0.6 is 0 Å². The van der Waals surface area contributed by atoms with Gasteiger partial charge < -0.3 is 14.8 Å². The molecule has 1 aromatic carbocycles. The summed E-state index contributed by atoms with van der Waals surface area (Å²) in [4.78, 5) is 24.8. The smallest absolute Gasteiger partial charge is 0.407 e. The average molecular weight is 452 g/mol. The first kappa shape index (κ1) is 24.4. The van der Waals surface area contributed by atoms with Gasteiger partial charge in [0.25, 0.3) is 10.0 Å². The van der Waals surface area contributed by atoms with Crippen LogP contribution < -0.4 is 5.32 Å². The van der Waals surface area contributed by atoms with Crippen LogP contribution in [-0.2, 0) is 26.0 Å². The molecule has 0 atom stereocenters. The van der Waals surface area contributed by atoms with Crippen LogP contribution in [0, 0.1) is 6.92 Å². The summed E-state index contributed by atoms with van der Waals surface area (Å²) < 4.78 is 37.6. The number of nitrogens with one attached hydrogen (secondary N) is 1. The molecule has 0 aliphatic rings. The van der Waals surface area contributed by atoms with Gasteiger partial charge in [0.2, 0.25) is 0 Å². The minimum absolute atomic E-state index is 0.00421. The van der Waals surface area contributed by atoms with E-state index >= 15 is 0 Å². The van der Waals surface area contributed by atoms with Crippen molar-refractivity contribution in [1.29, 1.82) is 0 Å². The zero-order valence-corrected chi connectivity index (χ0v) is 19.7. The Kier molecular flexibility index (Phi) is 6.84. The largest absolute Gasteiger partial charge is 0.456 e. The van der Waals surface area contributed by atoms with Crippen molar-refractivity contribution in [3.8, 4) is 0 Å². The maximum atomic E-state index is 13.2. The summed E-state index contributed by atoms with van der Waals surface area (Å²) in [6.45, 7) is 11.7. The highest BCUT2D eigenvalue weighted by Gasteiger charge is 2.29. The lowest BCUT2D eigenvalue weighted by Crippen LogP contribution is -2.34. The fourth-order valence-electron chi connectivity index (χ4n) is 2.51. The number of hydrogen-bond acceptors (Lipinski definition) is 7. The van der Waals surface area contributed by atoms with E-state index in [1.807, 2.05) is 6.92 Å². The third-order valence-corrected chi connectivity index (χ3v) is 5.44. The quantitative estimate of drug-likeness (QED) is 0.692. The van der Waals surface area contributed by atoms with Crippen LogP contribution in [0.15, 0.2) is 35.4 Å². The van der Waals surface area contributed by atoms with E-state index in [9.17, 15) is 18.0 Å². The zero-order chi connectivity index (χ0) is 23.6. The summed E-state index contributed by atoms with van der Waals surface area (Å²) in [5.74, 6) is -0.751. The highest BCUT2D eigenvalue weighted by Crippen LogP contribution is 2.21. The molecule has 1 N–H and O–H groups in total. The normalized spacial score (nSPS) is 12.4. The first-order valence-corrected chi connectivity index (χ1v) is 11.1. The van der Waals surface area contributed by atoms with Crippen molar-refractivity contribution >= 4 is 22.1 Å². The predicted octanol–water partition coefficient (Wildman–Crippen LogP) is 3.41. The molecule has 9 nitrogen and oxygen atoms in total. The van der Waals surface area contributed by atoms with E-state index in [4.69, 9.17) is 9.47 Å². The van der Waals surface area contributed by atoms with Crippen molar-refractivity contribution in [2.24, 2.45) is 0 Å². The molecule has 0 saturated heterocycles. The number of ether oxygens (including phenoxy) is 2. The third kappa shape index (κ3) is 6.55. The second-order valence-electron chi connectivity index (χ2n) is 9.02. The average Bonchev–Trinajstić information content (AvgIpc) is 3.02. The van der Waals surface area contributed by atoms with Crippen LogP contribution in [0.5, 0.6) is 0 Å². The Hall–Kier alpha value is -2.88. The van der Waals surface area contributed by atoms with E-state index in [1.54, 1.807) is 53.7 Å². The molecule has 2 aromatic rings. The fraction of sp³-hybridized carbons (Fsp3) is 0.476. The number of amides is 1. The zero-order valence-electron chi connectivity index (χ0n) is 18.8. The van der Waals surface area contributed by atoms with E-state index in [0.29, 0.717) is 0 Å². The van der Waals surface area contributed by atoms with Gasteiger partial charge in [0, 0.05) is 0 Å². The Morgan fingerprint density at radius 3 is 2.06 bits per heavy atom. The van der Waals surface area contributed by atoms with Crippen LogP contribution in [0.1, 0.15) is 63.2 Å². The number of nitrogens with zero attached hydrogens (tertiary/aromatic N) is 2. The molecule has 170 valence electrons. The molecule has 0 aliphatic carbocycles. The lowest BCUT2D eigenvalue weighted by atomic mass is 10.2. The molecule has 0 fully saturated rings. The Morgan fingerprint density at radius 2 is 1.55 bits per heavy atom.